The van der Waals surface area contributed by atoms with Gasteiger partial charge in [0, 0.05) is 18.4 Å². The number of aromatic nitrogens is 2. The van der Waals surface area contributed by atoms with Crippen molar-refractivity contribution in [1.29, 1.82) is 0 Å². The molecule has 0 unspecified atom stereocenters. The topological polar surface area (TPSA) is 75.0 Å². The highest BCUT2D eigenvalue weighted by Crippen LogP contribution is 2.20. The fourth-order valence-corrected chi connectivity index (χ4v) is 1.84. The summed E-state index contributed by atoms with van der Waals surface area (Å²) in [6, 6.07) is 7.74. The Labute approximate surface area is 106 Å². The summed E-state index contributed by atoms with van der Waals surface area (Å²) in [5, 5.41) is 6.55. The Hall–Kier alpha value is -2.30. The molecule has 0 aliphatic rings. The maximum atomic E-state index is 12.3. The first-order chi connectivity index (χ1) is 8.50. The van der Waals surface area contributed by atoms with Gasteiger partial charge in [0.15, 0.2) is 5.82 Å². The molecule has 0 spiro atoms. The minimum Gasteiger partial charge on any atom is -0.382 e. The van der Waals surface area contributed by atoms with E-state index in [1.807, 2.05) is 31.2 Å². The lowest BCUT2D eigenvalue weighted by Crippen LogP contribution is -2.27. The Morgan fingerprint density at radius 1 is 1.39 bits per heavy atom. The predicted octanol–water partition coefficient (Wildman–Crippen LogP) is 1.89. The van der Waals surface area contributed by atoms with Crippen LogP contribution in [0, 0.1) is 13.8 Å². The van der Waals surface area contributed by atoms with Crippen LogP contribution in [0.25, 0.3) is 0 Å². The number of nitrogens with one attached hydrogen (secondary N) is 1. The maximum absolute atomic E-state index is 12.3. The van der Waals surface area contributed by atoms with Crippen molar-refractivity contribution >= 4 is 17.4 Å². The highest BCUT2D eigenvalue weighted by Gasteiger charge is 2.20. The number of carbonyl (C=O) groups excluding carboxylic acids is 1. The second kappa shape index (κ2) is 4.52. The van der Waals surface area contributed by atoms with E-state index < -0.39 is 0 Å². The van der Waals surface area contributed by atoms with Gasteiger partial charge >= 0.3 is 0 Å². The molecule has 0 aliphatic heterocycles. The minimum absolute atomic E-state index is 0.163. The summed E-state index contributed by atoms with van der Waals surface area (Å²) in [6.07, 6.45) is 0. The number of nitrogen functional groups attached to an aromatic ring is 1. The van der Waals surface area contributed by atoms with E-state index in [1.54, 1.807) is 18.9 Å². The van der Waals surface area contributed by atoms with Crippen molar-refractivity contribution in [2.75, 3.05) is 17.7 Å². The predicted molar refractivity (Wildman–Crippen MR) is 71.6 cm³/mol. The van der Waals surface area contributed by atoms with Gasteiger partial charge in [-0.25, -0.2) is 0 Å². The number of anilines is 2. The van der Waals surface area contributed by atoms with Gasteiger partial charge in [-0.05, 0) is 31.5 Å². The fourth-order valence-electron chi connectivity index (χ4n) is 1.84. The molecule has 0 radical (unpaired) electrons. The molecule has 1 aromatic carbocycles. The molecule has 0 bridgehead atoms. The van der Waals surface area contributed by atoms with Crippen molar-refractivity contribution in [3.63, 3.8) is 0 Å². The summed E-state index contributed by atoms with van der Waals surface area (Å²) >= 11 is 0. The van der Waals surface area contributed by atoms with Crippen LogP contribution in [0.15, 0.2) is 24.3 Å². The minimum atomic E-state index is -0.163. The summed E-state index contributed by atoms with van der Waals surface area (Å²) in [4.78, 5) is 13.9. The third kappa shape index (κ3) is 2.07. The number of aryl methyl sites for hydroxylation is 2. The average Bonchev–Trinajstić information content (AvgIpc) is 2.67. The molecule has 2 aromatic rings. The van der Waals surface area contributed by atoms with Gasteiger partial charge in [-0.3, -0.25) is 9.89 Å². The van der Waals surface area contributed by atoms with E-state index in [1.165, 1.54) is 0 Å². The lowest BCUT2D eigenvalue weighted by molar-refractivity contribution is 0.0993. The van der Waals surface area contributed by atoms with Crippen LogP contribution < -0.4 is 10.6 Å². The van der Waals surface area contributed by atoms with E-state index in [9.17, 15) is 4.79 Å². The van der Waals surface area contributed by atoms with Crippen LogP contribution in [0.1, 0.15) is 21.6 Å². The third-order valence-electron chi connectivity index (χ3n) is 2.88. The third-order valence-corrected chi connectivity index (χ3v) is 2.88. The Morgan fingerprint density at radius 2 is 2.11 bits per heavy atom. The SMILES string of the molecule is Cc1cccc(N(C)C(=O)c2c(N)n[nH]c2C)c1. The van der Waals surface area contributed by atoms with Gasteiger partial charge in [0.05, 0.1) is 0 Å². The van der Waals surface area contributed by atoms with Crippen LogP contribution in [0.4, 0.5) is 11.5 Å². The van der Waals surface area contributed by atoms with E-state index in [2.05, 4.69) is 10.2 Å². The van der Waals surface area contributed by atoms with Crippen molar-refractivity contribution in [2.24, 2.45) is 0 Å². The highest BCUT2D eigenvalue weighted by atomic mass is 16.2. The summed E-state index contributed by atoms with van der Waals surface area (Å²) in [5.74, 6) is 0.0707. The van der Waals surface area contributed by atoms with Gasteiger partial charge in [-0.1, -0.05) is 12.1 Å². The molecule has 18 heavy (non-hydrogen) atoms. The Morgan fingerprint density at radius 3 is 2.67 bits per heavy atom. The number of hydrogen-bond acceptors (Lipinski definition) is 3. The zero-order chi connectivity index (χ0) is 13.3. The number of aromatic amines is 1. The number of benzene rings is 1. The molecule has 5 heteroatoms. The standard InChI is InChI=1S/C13H16N4O/c1-8-5-4-6-10(7-8)17(3)13(18)11-9(2)15-16-12(11)14/h4-7H,1-3H3,(H3,14,15,16). The maximum Gasteiger partial charge on any atom is 0.263 e. The zero-order valence-electron chi connectivity index (χ0n) is 10.7. The number of carbonyl (C=O) groups is 1. The lowest BCUT2D eigenvalue weighted by Gasteiger charge is -2.17. The molecule has 94 valence electrons. The second-order valence-corrected chi connectivity index (χ2v) is 4.31. The molecule has 0 aliphatic carbocycles. The van der Waals surface area contributed by atoms with Crippen LogP contribution in [0.5, 0.6) is 0 Å². The summed E-state index contributed by atoms with van der Waals surface area (Å²) in [5.41, 5.74) is 8.74. The normalized spacial score (nSPS) is 10.4. The summed E-state index contributed by atoms with van der Waals surface area (Å²) < 4.78 is 0. The first kappa shape index (κ1) is 12.2. The second-order valence-electron chi connectivity index (χ2n) is 4.31. The number of hydrogen-bond donors (Lipinski definition) is 2. The molecule has 0 atom stereocenters. The smallest absolute Gasteiger partial charge is 0.263 e. The Balaban J connectivity index is 2.35. The number of H-pyrrole nitrogens is 1. The van der Waals surface area contributed by atoms with E-state index in [0.29, 0.717) is 11.3 Å². The number of rotatable bonds is 2. The van der Waals surface area contributed by atoms with Crippen molar-refractivity contribution in [3.05, 3.63) is 41.1 Å². The van der Waals surface area contributed by atoms with Crippen LogP contribution in [-0.2, 0) is 0 Å². The van der Waals surface area contributed by atoms with Gasteiger partial charge < -0.3 is 10.6 Å². The molecule has 1 heterocycles. The summed E-state index contributed by atoms with van der Waals surface area (Å²) in [6.45, 7) is 3.76. The molecule has 2 rings (SSSR count). The lowest BCUT2D eigenvalue weighted by atomic mass is 10.1. The molecule has 0 saturated heterocycles. The van der Waals surface area contributed by atoms with Gasteiger partial charge in [-0.15, -0.1) is 0 Å². The van der Waals surface area contributed by atoms with E-state index in [-0.39, 0.29) is 11.7 Å². The highest BCUT2D eigenvalue weighted by molar-refractivity contribution is 6.09. The quantitative estimate of drug-likeness (QED) is 0.847. The molecule has 5 nitrogen and oxygen atoms in total. The largest absolute Gasteiger partial charge is 0.382 e. The molecule has 3 N–H and O–H groups in total. The molecule has 1 aromatic heterocycles. The average molecular weight is 244 g/mol. The molecule has 0 saturated carbocycles. The first-order valence-corrected chi connectivity index (χ1v) is 5.66. The van der Waals surface area contributed by atoms with Gasteiger partial charge in [0.25, 0.3) is 5.91 Å². The van der Waals surface area contributed by atoms with E-state index in [4.69, 9.17) is 5.73 Å². The molecular formula is C13H16N4O. The van der Waals surface area contributed by atoms with Crippen molar-refractivity contribution in [1.82, 2.24) is 10.2 Å². The molecular weight excluding hydrogens is 228 g/mol. The van der Waals surface area contributed by atoms with Gasteiger partial charge in [0.2, 0.25) is 0 Å². The number of amides is 1. The molecule has 0 fully saturated rings. The Bertz CT molecular complexity index is 569. The number of nitrogens with two attached hydrogens (primary N) is 1. The van der Waals surface area contributed by atoms with Crippen molar-refractivity contribution < 1.29 is 4.79 Å². The van der Waals surface area contributed by atoms with Crippen molar-refractivity contribution in [2.45, 2.75) is 13.8 Å². The van der Waals surface area contributed by atoms with Crippen LogP contribution >= 0.6 is 0 Å². The van der Waals surface area contributed by atoms with E-state index >= 15 is 0 Å². The first-order valence-electron chi connectivity index (χ1n) is 5.66. The molecule has 1 amide bonds. The van der Waals surface area contributed by atoms with Crippen molar-refractivity contribution in [3.8, 4) is 0 Å². The van der Waals surface area contributed by atoms with Crippen LogP contribution in [-0.4, -0.2) is 23.2 Å². The fraction of sp³-hybridized carbons (Fsp3) is 0.231. The van der Waals surface area contributed by atoms with E-state index in [0.717, 1.165) is 11.3 Å². The zero-order valence-corrected chi connectivity index (χ0v) is 10.7. The Kier molecular flexibility index (Phi) is 3.06. The summed E-state index contributed by atoms with van der Waals surface area (Å²) in [7, 11) is 1.73. The van der Waals surface area contributed by atoms with Crippen LogP contribution in [0.3, 0.4) is 0 Å². The number of nitrogens with zero attached hydrogens (tertiary/aromatic N) is 2. The van der Waals surface area contributed by atoms with Gasteiger partial charge in [-0.2, -0.15) is 5.10 Å². The van der Waals surface area contributed by atoms with Gasteiger partial charge in [0.1, 0.15) is 5.56 Å². The monoisotopic (exact) mass is 244 g/mol. The van der Waals surface area contributed by atoms with Crippen LogP contribution in [0.2, 0.25) is 0 Å².